The van der Waals surface area contributed by atoms with E-state index >= 15 is 0 Å². The summed E-state index contributed by atoms with van der Waals surface area (Å²) in [6.45, 7) is 0. The van der Waals surface area contributed by atoms with Crippen LogP contribution in [0.1, 0.15) is 36.2 Å². The average Bonchev–Trinajstić information content (AvgIpc) is 3.06. The second-order valence-electron chi connectivity index (χ2n) is 5.23. The van der Waals surface area contributed by atoms with Gasteiger partial charge in [0.1, 0.15) is 6.10 Å². The van der Waals surface area contributed by atoms with Crippen molar-refractivity contribution >= 4 is 5.91 Å². The van der Waals surface area contributed by atoms with Crippen molar-refractivity contribution < 1.29 is 18.3 Å². The van der Waals surface area contributed by atoms with Gasteiger partial charge in [-0.3, -0.25) is 4.79 Å². The number of hydrogen-bond donors (Lipinski definition) is 1. The zero-order valence-corrected chi connectivity index (χ0v) is 11.9. The molecule has 0 atom stereocenters. The Morgan fingerprint density at radius 3 is 2.64 bits per heavy atom. The highest BCUT2D eigenvalue weighted by atomic mass is 19.1. The summed E-state index contributed by atoms with van der Waals surface area (Å²) in [5.74, 6) is -0.369. The highest BCUT2D eigenvalue weighted by Crippen LogP contribution is 2.22. The molecule has 1 fully saturated rings. The SMILES string of the molecule is O=C(NC1CCC(Oc2ncc(F)cn2)CC1)c1ccco1. The molecular formula is C15H16FN3O3. The second-order valence-corrected chi connectivity index (χ2v) is 5.23. The van der Waals surface area contributed by atoms with E-state index in [-0.39, 0.29) is 24.1 Å². The fourth-order valence-electron chi connectivity index (χ4n) is 2.50. The fraction of sp³-hybridized carbons (Fsp3) is 0.400. The number of furan rings is 1. The molecule has 1 N–H and O–H groups in total. The van der Waals surface area contributed by atoms with Gasteiger partial charge in [0.2, 0.25) is 0 Å². The number of hydrogen-bond acceptors (Lipinski definition) is 5. The first-order chi connectivity index (χ1) is 10.7. The zero-order chi connectivity index (χ0) is 15.4. The highest BCUT2D eigenvalue weighted by molar-refractivity contribution is 5.91. The topological polar surface area (TPSA) is 77.2 Å². The van der Waals surface area contributed by atoms with Crippen molar-refractivity contribution in [3.63, 3.8) is 0 Å². The van der Waals surface area contributed by atoms with E-state index in [1.54, 1.807) is 12.1 Å². The van der Waals surface area contributed by atoms with Gasteiger partial charge in [-0.25, -0.2) is 14.4 Å². The molecule has 2 aromatic heterocycles. The fourth-order valence-corrected chi connectivity index (χ4v) is 2.50. The molecule has 1 aliphatic rings. The van der Waals surface area contributed by atoms with Gasteiger partial charge in [-0.15, -0.1) is 0 Å². The number of rotatable bonds is 4. The number of carbonyl (C=O) groups excluding carboxylic acids is 1. The third-order valence-corrected chi connectivity index (χ3v) is 3.62. The molecule has 0 aliphatic heterocycles. The number of nitrogens with zero attached hydrogens (tertiary/aromatic N) is 2. The van der Waals surface area contributed by atoms with Gasteiger partial charge in [0.25, 0.3) is 5.91 Å². The number of ether oxygens (including phenoxy) is 1. The van der Waals surface area contributed by atoms with Crippen molar-refractivity contribution in [2.45, 2.75) is 37.8 Å². The van der Waals surface area contributed by atoms with Gasteiger partial charge in [-0.05, 0) is 37.8 Å². The largest absolute Gasteiger partial charge is 0.460 e. The third-order valence-electron chi connectivity index (χ3n) is 3.62. The predicted molar refractivity (Wildman–Crippen MR) is 74.8 cm³/mol. The number of halogens is 1. The van der Waals surface area contributed by atoms with Crippen molar-refractivity contribution in [3.8, 4) is 6.01 Å². The van der Waals surface area contributed by atoms with E-state index in [2.05, 4.69) is 15.3 Å². The van der Waals surface area contributed by atoms with Gasteiger partial charge in [-0.1, -0.05) is 0 Å². The van der Waals surface area contributed by atoms with Crippen molar-refractivity contribution in [2.24, 2.45) is 0 Å². The first-order valence-electron chi connectivity index (χ1n) is 7.19. The van der Waals surface area contributed by atoms with Crippen LogP contribution in [0, 0.1) is 5.82 Å². The van der Waals surface area contributed by atoms with Crippen LogP contribution in [-0.2, 0) is 0 Å². The van der Waals surface area contributed by atoms with Crippen LogP contribution in [0.5, 0.6) is 6.01 Å². The highest BCUT2D eigenvalue weighted by Gasteiger charge is 2.25. The lowest BCUT2D eigenvalue weighted by molar-refractivity contribution is 0.0859. The maximum atomic E-state index is 12.7. The molecule has 22 heavy (non-hydrogen) atoms. The van der Waals surface area contributed by atoms with E-state index in [0.717, 1.165) is 38.1 Å². The van der Waals surface area contributed by atoms with E-state index in [0.29, 0.717) is 5.76 Å². The van der Waals surface area contributed by atoms with Gasteiger partial charge in [0, 0.05) is 6.04 Å². The van der Waals surface area contributed by atoms with Gasteiger partial charge in [0.15, 0.2) is 11.6 Å². The van der Waals surface area contributed by atoms with Crippen LogP contribution >= 0.6 is 0 Å². The molecule has 116 valence electrons. The minimum Gasteiger partial charge on any atom is -0.460 e. The van der Waals surface area contributed by atoms with E-state index in [1.165, 1.54) is 6.26 Å². The van der Waals surface area contributed by atoms with Crippen LogP contribution in [0.3, 0.4) is 0 Å². The summed E-state index contributed by atoms with van der Waals surface area (Å²) in [5.41, 5.74) is 0. The van der Waals surface area contributed by atoms with Crippen LogP contribution in [-0.4, -0.2) is 28.0 Å². The predicted octanol–water partition coefficient (Wildman–Crippen LogP) is 2.33. The molecule has 1 aliphatic carbocycles. The Kier molecular flexibility index (Phi) is 4.32. The Bertz CT molecular complexity index is 607. The van der Waals surface area contributed by atoms with Crippen LogP contribution in [0.15, 0.2) is 35.2 Å². The Labute approximate surface area is 126 Å². The van der Waals surface area contributed by atoms with E-state index in [9.17, 15) is 9.18 Å². The summed E-state index contributed by atoms with van der Waals surface area (Å²) < 4.78 is 23.4. The van der Waals surface area contributed by atoms with E-state index in [1.807, 2.05) is 0 Å². The summed E-state index contributed by atoms with van der Waals surface area (Å²) >= 11 is 0. The Morgan fingerprint density at radius 1 is 1.27 bits per heavy atom. The lowest BCUT2D eigenvalue weighted by Crippen LogP contribution is -2.39. The van der Waals surface area contributed by atoms with Crippen molar-refractivity contribution in [1.29, 1.82) is 0 Å². The quantitative estimate of drug-likeness (QED) is 0.938. The molecule has 6 nitrogen and oxygen atoms in total. The van der Waals surface area contributed by atoms with E-state index in [4.69, 9.17) is 9.15 Å². The van der Waals surface area contributed by atoms with Gasteiger partial charge in [-0.2, -0.15) is 0 Å². The molecule has 1 amide bonds. The number of amides is 1. The van der Waals surface area contributed by atoms with Gasteiger partial charge >= 0.3 is 6.01 Å². The van der Waals surface area contributed by atoms with Crippen LogP contribution < -0.4 is 10.1 Å². The molecule has 7 heteroatoms. The van der Waals surface area contributed by atoms with Gasteiger partial charge < -0.3 is 14.5 Å². The van der Waals surface area contributed by atoms with Crippen molar-refractivity contribution in [1.82, 2.24) is 15.3 Å². The zero-order valence-electron chi connectivity index (χ0n) is 11.9. The first-order valence-corrected chi connectivity index (χ1v) is 7.19. The maximum Gasteiger partial charge on any atom is 0.316 e. The molecule has 0 saturated heterocycles. The molecule has 0 radical (unpaired) electrons. The molecular weight excluding hydrogens is 289 g/mol. The summed E-state index contributed by atoms with van der Waals surface area (Å²) in [7, 11) is 0. The standard InChI is InChI=1S/C15H16FN3O3/c16-10-8-17-15(18-9-10)22-12-5-3-11(4-6-12)19-14(20)13-2-1-7-21-13/h1-2,7-9,11-12H,3-6H2,(H,19,20). The second kappa shape index (κ2) is 6.55. The lowest BCUT2D eigenvalue weighted by atomic mass is 9.93. The van der Waals surface area contributed by atoms with Gasteiger partial charge in [0.05, 0.1) is 18.7 Å². The molecule has 2 heterocycles. The molecule has 0 aromatic carbocycles. The number of carbonyl (C=O) groups is 1. The van der Waals surface area contributed by atoms with E-state index < -0.39 is 5.82 Å². The van der Waals surface area contributed by atoms with Crippen molar-refractivity contribution in [3.05, 3.63) is 42.4 Å². The van der Waals surface area contributed by atoms with Crippen LogP contribution in [0.4, 0.5) is 4.39 Å². The summed E-state index contributed by atoms with van der Waals surface area (Å²) in [6, 6.07) is 3.61. The average molecular weight is 305 g/mol. The summed E-state index contributed by atoms with van der Waals surface area (Å²) in [6.07, 6.45) is 6.80. The molecule has 0 bridgehead atoms. The lowest BCUT2D eigenvalue weighted by Gasteiger charge is -2.28. The molecule has 1 saturated carbocycles. The molecule has 2 aromatic rings. The number of nitrogens with one attached hydrogen (secondary N) is 1. The van der Waals surface area contributed by atoms with Crippen molar-refractivity contribution in [2.75, 3.05) is 0 Å². The third kappa shape index (κ3) is 3.60. The summed E-state index contributed by atoms with van der Waals surface area (Å²) in [5, 5.41) is 2.94. The minimum absolute atomic E-state index is 0.0118. The Morgan fingerprint density at radius 2 is 2.00 bits per heavy atom. The number of aromatic nitrogens is 2. The van der Waals surface area contributed by atoms with Crippen LogP contribution in [0.25, 0.3) is 0 Å². The molecule has 0 unspecified atom stereocenters. The Balaban J connectivity index is 1.46. The monoisotopic (exact) mass is 305 g/mol. The molecule has 3 rings (SSSR count). The Hall–Kier alpha value is -2.44. The first kappa shape index (κ1) is 14.5. The maximum absolute atomic E-state index is 12.7. The summed E-state index contributed by atoms with van der Waals surface area (Å²) in [4.78, 5) is 19.5. The normalized spacial score (nSPS) is 21.3. The minimum atomic E-state index is -0.489. The van der Waals surface area contributed by atoms with Crippen LogP contribution in [0.2, 0.25) is 0 Å². The molecule has 0 spiro atoms. The smallest absolute Gasteiger partial charge is 0.316 e.